The molecule has 2 rings (SSSR count). The van der Waals surface area contributed by atoms with Gasteiger partial charge < -0.3 is 5.32 Å². The highest BCUT2D eigenvalue weighted by Gasteiger charge is 2.05. The predicted octanol–water partition coefficient (Wildman–Crippen LogP) is 4.30. The van der Waals surface area contributed by atoms with E-state index in [1.165, 1.54) is 16.0 Å². The van der Waals surface area contributed by atoms with Crippen molar-refractivity contribution in [2.75, 3.05) is 6.54 Å². The van der Waals surface area contributed by atoms with E-state index in [2.05, 4.69) is 42.3 Å². The average Bonchev–Trinajstić information content (AvgIpc) is 2.41. The van der Waals surface area contributed by atoms with E-state index in [9.17, 15) is 0 Å². The number of nitrogens with zero attached hydrogens (tertiary/aromatic N) is 1. The van der Waals surface area contributed by atoms with Crippen LogP contribution < -0.4 is 5.32 Å². The van der Waals surface area contributed by atoms with Gasteiger partial charge in [0.25, 0.3) is 0 Å². The van der Waals surface area contributed by atoms with Gasteiger partial charge in [-0.1, -0.05) is 48.0 Å². The van der Waals surface area contributed by atoms with Gasteiger partial charge in [0.15, 0.2) is 0 Å². The Morgan fingerprint density at radius 3 is 2.79 bits per heavy atom. The molecule has 1 heterocycles. The second-order valence-electron chi connectivity index (χ2n) is 4.31. The maximum Gasteiger partial charge on any atom is 0.101 e. The lowest BCUT2D eigenvalue weighted by Crippen LogP contribution is -2.12. The normalized spacial score (nSPS) is 10.7. The van der Waals surface area contributed by atoms with Gasteiger partial charge in [0.05, 0.1) is 5.02 Å². The van der Waals surface area contributed by atoms with Crippen LogP contribution in [-0.2, 0) is 6.54 Å². The minimum atomic E-state index is 0.668. The zero-order valence-corrected chi connectivity index (χ0v) is 12.7. The highest BCUT2D eigenvalue weighted by molar-refractivity contribution is 7.99. The van der Waals surface area contributed by atoms with Gasteiger partial charge >= 0.3 is 0 Å². The minimum Gasteiger partial charge on any atom is -0.313 e. The SMILES string of the molecule is CCNCc1cc(C)ccc1Sc1ccc(Cl)cn1. The fraction of sp³-hybridized carbons (Fsp3) is 0.267. The summed E-state index contributed by atoms with van der Waals surface area (Å²) in [4.78, 5) is 5.57. The molecule has 0 saturated heterocycles. The van der Waals surface area contributed by atoms with Crippen LogP contribution in [0.3, 0.4) is 0 Å². The van der Waals surface area contributed by atoms with Crippen LogP contribution in [0.5, 0.6) is 0 Å². The van der Waals surface area contributed by atoms with Crippen molar-refractivity contribution in [3.05, 3.63) is 52.7 Å². The molecule has 19 heavy (non-hydrogen) atoms. The number of rotatable bonds is 5. The molecule has 0 bridgehead atoms. The van der Waals surface area contributed by atoms with E-state index in [0.29, 0.717) is 5.02 Å². The lowest BCUT2D eigenvalue weighted by molar-refractivity contribution is 0.717. The van der Waals surface area contributed by atoms with Gasteiger partial charge in [0.2, 0.25) is 0 Å². The average molecular weight is 293 g/mol. The molecule has 0 atom stereocenters. The highest BCUT2D eigenvalue weighted by Crippen LogP contribution is 2.30. The Bertz CT molecular complexity index is 540. The van der Waals surface area contributed by atoms with Crippen molar-refractivity contribution in [1.29, 1.82) is 0 Å². The summed E-state index contributed by atoms with van der Waals surface area (Å²) >= 11 is 7.53. The lowest BCUT2D eigenvalue weighted by Gasteiger charge is -2.10. The fourth-order valence-corrected chi connectivity index (χ4v) is 2.72. The summed E-state index contributed by atoms with van der Waals surface area (Å²) in [5.41, 5.74) is 2.59. The number of benzene rings is 1. The summed E-state index contributed by atoms with van der Waals surface area (Å²) in [6.45, 7) is 6.08. The van der Waals surface area contributed by atoms with E-state index in [4.69, 9.17) is 11.6 Å². The Labute approximate surface area is 123 Å². The van der Waals surface area contributed by atoms with Gasteiger partial charge in [0.1, 0.15) is 5.03 Å². The molecule has 1 N–H and O–H groups in total. The molecule has 1 aromatic heterocycles. The van der Waals surface area contributed by atoms with Crippen molar-refractivity contribution in [1.82, 2.24) is 10.3 Å². The Kier molecular flexibility index (Phi) is 5.25. The molecular weight excluding hydrogens is 276 g/mol. The molecular formula is C15H17ClN2S. The zero-order valence-electron chi connectivity index (χ0n) is 11.1. The summed E-state index contributed by atoms with van der Waals surface area (Å²) in [7, 11) is 0. The van der Waals surface area contributed by atoms with Crippen LogP contribution in [-0.4, -0.2) is 11.5 Å². The molecule has 0 unspecified atom stereocenters. The molecule has 100 valence electrons. The summed E-state index contributed by atoms with van der Waals surface area (Å²) in [6, 6.07) is 10.3. The van der Waals surface area contributed by atoms with Crippen LogP contribution in [0.4, 0.5) is 0 Å². The Balaban J connectivity index is 2.20. The molecule has 0 saturated carbocycles. The second-order valence-corrected chi connectivity index (χ2v) is 5.81. The number of aromatic nitrogens is 1. The monoisotopic (exact) mass is 292 g/mol. The Morgan fingerprint density at radius 1 is 1.26 bits per heavy atom. The van der Waals surface area contributed by atoms with Gasteiger partial charge in [-0.15, -0.1) is 0 Å². The number of halogens is 1. The Morgan fingerprint density at radius 2 is 2.11 bits per heavy atom. The van der Waals surface area contributed by atoms with Gasteiger partial charge in [-0.05, 0) is 37.2 Å². The van der Waals surface area contributed by atoms with Crippen LogP contribution >= 0.6 is 23.4 Å². The third-order valence-corrected chi connectivity index (χ3v) is 3.99. The molecule has 0 aliphatic heterocycles. The third-order valence-electron chi connectivity index (χ3n) is 2.70. The molecule has 0 amide bonds. The van der Waals surface area contributed by atoms with Crippen LogP contribution in [0.1, 0.15) is 18.1 Å². The van der Waals surface area contributed by atoms with Crippen molar-refractivity contribution in [3.63, 3.8) is 0 Å². The summed E-state index contributed by atoms with van der Waals surface area (Å²) < 4.78 is 0. The van der Waals surface area contributed by atoms with Gasteiger partial charge in [-0.2, -0.15) is 0 Å². The third kappa shape index (κ3) is 4.23. The minimum absolute atomic E-state index is 0.668. The Hall–Kier alpha value is -1.03. The molecule has 0 fully saturated rings. The number of hydrogen-bond donors (Lipinski definition) is 1. The molecule has 0 aliphatic rings. The first-order valence-corrected chi connectivity index (χ1v) is 7.48. The highest BCUT2D eigenvalue weighted by atomic mass is 35.5. The van der Waals surface area contributed by atoms with Crippen LogP contribution in [0.25, 0.3) is 0 Å². The van der Waals surface area contributed by atoms with Gasteiger partial charge in [-0.25, -0.2) is 4.98 Å². The lowest BCUT2D eigenvalue weighted by atomic mass is 10.1. The number of hydrogen-bond acceptors (Lipinski definition) is 3. The first-order valence-electron chi connectivity index (χ1n) is 6.28. The first kappa shape index (κ1) is 14.4. The number of nitrogens with one attached hydrogen (secondary N) is 1. The van der Waals surface area contributed by atoms with E-state index in [1.807, 2.05) is 12.1 Å². The van der Waals surface area contributed by atoms with E-state index < -0.39 is 0 Å². The smallest absolute Gasteiger partial charge is 0.101 e. The fourth-order valence-electron chi connectivity index (χ4n) is 1.74. The topological polar surface area (TPSA) is 24.9 Å². The maximum absolute atomic E-state index is 5.85. The largest absolute Gasteiger partial charge is 0.313 e. The zero-order chi connectivity index (χ0) is 13.7. The first-order chi connectivity index (χ1) is 9.19. The molecule has 0 radical (unpaired) electrons. The van der Waals surface area contributed by atoms with E-state index in [-0.39, 0.29) is 0 Å². The standard InChI is InChI=1S/C15H17ClN2S/c1-3-17-9-12-8-11(2)4-6-14(12)19-15-7-5-13(16)10-18-15/h4-8,10,17H,3,9H2,1-2H3. The number of aryl methyl sites for hydroxylation is 1. The van der Waals surface area contributed by atoms with E-state index in [1.54, 1.807) is 18.0 Å². The van der Waals surface area contributed by atoms with Crippen molar-refractivity contribution < 1.29 is 0 Å². The van der Waals surface area contributed by atoms with E-state index >= 15 is 0 Å². The molecule has 2 aromatic rings. The second kappa shape index (κ2) is 6.94. The van der Waals surface area contributed by atoms with Gasteiger partial charge in [0, 0.05) is 17.6 Å². The quantitative estimate of drug-likeness (QED) is 0.889. The van der Waals surface area contributed by atoms with Crippen LogP contribution in [0, 0.1) is 6.92 Å². The maximum atomic E-state index is 5.85. The summed E-state index contributed by atoms with van der Waals surface area (Å²) in [6.07, 6.45) is 1.68. The molecule has 2 nitrogen and oxygen atoms in total. The van der Waals surface area contributed by atoms with Crippen LogP contribution in [0.2, 0.25) is 5.02 Å². The summed E-state index contributed by atoms with van der Waals surface area (Å²) in [5, 5.41) is 5.00. The summed E-state index contributed by atoms with van der Waals surface area (Å²) in [5.74, 6) is 0. The molecule has 0 aliphatic carbocycles. The van der Waals surface area contributed by atoms with Gasteiger partial charge in [-0.3, -0.25) is 0 Å². The van der Waals surface area contributed by atoms with Crippen LogP contribution in [0.15, 0.2) is 46.5 Å². The van der Waals surface area contributed by atoms with Crippen molar-refractivity contribution >= 4 is 23.4 Å². The van der Waals surface area contributed by atoms with Crippen molar-refractivity contribution in [2.24, 2.45) is 0 Å². The molecule has 1 aromatic carbocycles. The van der Waals surface area contributed by atoms with Crippen molar-refractivity contribution in [3.8, 4) is 0 Å². The predicted molar refractivity (Wildman–Crippen MR) is 81.9 cm³/mol. The number of pyridine rings is 1. The molecule has 4 heteroatoms. The van der Waals surface area contributed by atoms with E-state index in [0.717, 1.165) is 18.1 Å². The van der Waals surface area contributed by atoms with Crippen molar-refractivity contribution in [2.45, 2.75) is 30.3 Å². The molecule has 0 spiro atoms.